The van der Waals surface area contributed by atoms with Gasteiger partial charge in [0.25, 0.3) is 16.0 Å². The summed E-state index contributed by atoms with van der Waals surface area (Å²) in [7, 11) is -2.04. The molecule has 4 aromatic rings. The normalized spacial score (nSPS) is 28.3. The van der Waals surface area contributed by atoms with Crippen LogP contribution in [0.1, 0.15) is 86.7 Å². The van der Waals surface area contributed by atoms with Crippen molar-refractivity contribution in [2.45, 2.75) is 108 Å². The molecule has 4 N–H and O–H groups in total. The number of carbonyl (C=O) groups is 6. The average molecular weight is 1040 g/mol. The molecule has 0 unspecified atom stereocenters. The summed E-state index contributed by atoms with van der Waals surface area (Å²) in [6, 6.07) is 28.7. The van der Waals surface area contributed by atoms with Crippen LogP contribution in [0.4, 0.5) is 0 Å². The number of aliphatic hydroxyl groups excluding tert-OH is 2. The Morgan fingerprint density at radius 2 is 1.35 bits per heavy atom. The first-order valence-electron chi connectivity index (χ1n) is 23.6. The molecule has 2 saturated carbocycles. The molecule has 3 aliphatic carbocycles. The number of nitrogens with one attached hydrogen (secondary N) is 1. The molecule has 8 rings (SSSR count). The van der Waals surface area contributed by atoms with Crippen molar-refractivity contribution in [1.82, 2.24) is 10.3 Å². The fourth-order valence-corrected chi connectivity index (χ4v) is 10.5. The minimum absolute atomic E-state index is 0.00289. The minimum Gasteiger partial charge on any atom is -0.456 e. The second-order valence-corrected chi connectivity index (χ2v) is 21.0. The first-order valence-corrected chi connectivity index (χ1v) is 25.5. The summed E-state index contributed by atoms with van der Waals surface area (Å²) in [5.41, 5.74) is -7.02. The van der Waals surface area contributed by atoms with Crippen molar-refractivity contribution in [3.63, 3.8) is 0 Å². The van der Waals surface area contributed by atoms with Gasteiger partial charge in [0.15, 0.2) is 23.6 Å². The van der Waals surface area contributed by atoms with E-state index in [1.165, 1.54) is 26.0 Å². The Labute approximate surface area is 429 Å². The quantitative estimate of drug-likeness (QED) is 0.0701. The molecule has 3 fully saturated rings. The minimum atomic E-state index is -3.16. The highest BCUT2D eigenvalue weighted by atomic mass is 32.2. The van der Waals surface area contributed by atoms with E-state index in [0.29, 0.717) is 5.56 Å². The standard InChI is InChI=1S/C47H51NO14.C5H5N.C2H6O3S/c1-25-31(60-43(56)36(52)35(28-16-10-7-11-17-28)48-41(54)29-18-12-8-13-19-29)23-47(57)40(61-42(55)30-20-14-9-15-21-30)38-45(6,32(51)22-33-46(38,24-58-33)62-27(3)50)39(53)37(59-26(2)49)34(25)44(47,4)5;1-2-4-6-5-3-1;1-5-6(2,3)4/h7-21,31-33,35-38,40,51-52,57H,22-24H2,1-6H3,(H,48,54);1-5H;1-2H3/t31-,32-,33+,35-,36+,37+,38-,40-,45+,46-,47+;;/m0../s1. The first-order chi connectivity index (χ1) is 34.8. The van der Waals surface area contributed by atoms with Crippen molar-refractivity contribution in [3.8, 4) is 0 Å². The van der Waals surface area contributed by atoms with Gasteiger partial charge in [0, 0.05) is 50.1 Å². The lowest BCUT2D eigenvalue weighted by Crippen LogP contribution is -2.82. The van der Waals surface area contributed by atoms with E-state index in [1.807, 2.05) is 18.2 Å². The number of benzene rings is 3. The van der Waals surface area contributed by atoms with E-state index in [-0.39, 0.29) is 35.3 Å². The molecule has 19 nitrogen and oxygen atoms in total. The number of Topliss-reactive ketones (excluding diaryl/α,β-unsaturated/α-hetero) is 1. The molecule has 1 aromatic heterocycles. The number of hydrogen-bond donors (Lipinski definition) is 4. The molecule has 396 valence electrons. The van der Waals surface area contributed by atoms with Gasteiger partial charge >= 0.3 is 23.9 Å². The van der Waals surface area contributed by atoms with Gasteiger partial charge in [-0.25, -0.2) is 9.59 Å². The molecule has 11 atom stereocenters. The summed E-state index contributed by atoms with van der Waals surface area (Å²) in [6.45, 7) is 7.97. The molecule has 1 saturated heterocycles. The zero-order chi connectivity index (χ0) is 54.4. The van der Waals surface area contributed by atoms with Crippen molar-refractivity contribution < 1.29 is 80.4 Å². The molecular formula is C54H62N2O17S. The Morgan fingerprint density at radius 1 is 0.811 bits per heavy atom. The maximum absolute atomic E-state index is 15.5. The van der Waals surface area contributed by atoms with Crippen LogP contribution in [0.25, 0.3) is 0 Å². The Kier molecular flexibility index (Phi) is 17.5. The van der Waals surface area contributed by atoms with E-state index < -0.39 is 123 Å². The van der Waals surface area contributed by atoms with Crippen LogP contribution in [0, 0.1) is 16.7 Å². The Morgan fingerprint density at radius 3 is 1.82 bits per heavy atom. The van der Waals surface area contributed by atoms with Gasteiger partial charge in [0.2, 0.25) is 0 Å². The number of ether oxygens (including phenoxy) is 5. The molecule has 2 bridgehead atoms. The number of aromatic nitrogens is 1. The topological polar surface area (TPSA) is 278 Å². The summed E-state index contributed by atoms with van der Waals surface area (Å²) in [6.07, 6.45) is -6.02. The maximum atomic E-state index is 15.5. The summed E-state index contributed by atoms with van der Waals surface area (Å²) in [5, 5.41) is 40.2. The van der Waals surface area contributed by atoms with Gasteiger partial charge in [-0.1, -0.05) is 86.6 Å². The molecule has 20 heteroatoms. The van der Waals surface area contributed by atoms with Gasteiger partial charge in [-0.3, -0.25) is 28.3 Å². The molecule has 1 amide bonds. The molecule has 74 heavy (non-hydrogen) atoms. The highest BCUT2D eigenvalue weighted by Crippen LogP contribution is 2.64. The van der Waals surface area contributed by atoms with Gasteiger partial charge in [-0.2, -0.15) is 8.42 Å². The third kappa shape index (κ3) is 11.5. The monoisotopic (exact) mass is 1040 g/mol. The number of fused-ring (bicyclic) bond motifs is 5. The van der Waals surface area contributed by atoms with E-state index in [1.54, 1.807) is 105 Å². The van der Waals surface area contributed by atoms with E-state index >= 15 is 4.79 Å². The number of pyridine rings is 1. The molecule has 3 aromatic carbocycles. The second kappa shape index (κ2) is 22.8. The molecule has 0 spiro atoms. The van der Waals surface area contributed by atoms with Gasteiger partial charge in [-0.15, -0.1) is 0 Å². The first kappa shape index (κ1) is 56.6. The average Bonchev–Trinajstić information content (AvgIpc) is 3.37. The largest absolute Gasteiger partial charge is 0.456 e. The van der Waals surface area contributed by atoms with Crippen LogP contribution in [-0.2, 0) is 57.2 Å². The maximum Gasteiger partial charge on any atom is 0.338 e. The lowest BCUT2D eigenvalue weighted by molar-refractivity contribution is -0.346. The van der Waals surface area contributed by atoms with E-state index in [0.717, 1.165) is 27.2 Å². The van der Waals surface area contributed by atoms with Gasteiger partial charge in [0.1, 0.15) is 23.9 Å². The number of ketones is 1. The SMILES string of the molecule is CC(=O)O[C@H]1C(=O)[C@@]2(C)[C@H]([C@H](OC(=O)c3ccccc3)[C@]3(O)C[C@H](OC(=O)[C@H](O)[C@@H](NC(=O)c4ccccc4)c4ccccc4)C(C)=C1C3(C)C)[C@]1(OC(C)=O)CO[C@@H]1C[C@@H]2O.COS(C)(=O)=O.c1ccncc1. The summed E-state index contributed by atoms with van der Waals surface area (Å²) in [5.74, 6) is -6.84. The van der Waals surface area contributed by atoms with Crippen LogP contribution in [0.15, 0.2) is 133 Å². The molecule has 2 heterocycles. The Bertz CT molecular complexity index is 2790. The molecule has 1 aliphatic heterocycles. The smallest absolute Gasteiger partial charge is 0.338 e. The second-order valence-electron chi connectivity index (χ2n) is 19.2. The van der Waals surface area contributed by atoms with Crippen LogP contribution in [0.3, 0.4) is 0 Å². The third-order valence-electron chi connectivity index (χ3n) is 14.3. The summed E-state index contributed by atoms with van der Waals surface area (Å²) < 4.78 is 53.7. The van der Waals surface area contributed by atoms with Crippen molar-refractivity contribution in [2.24, 2.45) is 16.7 Å². The number of amides is 1. The Hall–Kier alpha value is -6.68. The number of nitrogens with zero attached hydrogens (tertiary/aromatic N) is 1. The Balaban J connectivity index is 0.000000658. The molecular weight excluding hydrogens is 981 g/mol. The van der Waals surface area contributed by atoms with Gasteiger partial charge < -0.3 is 44.3 Å². The predicted molar refractivity (Wildman–Crippen MR) is 264 cm³/mol. The summed E-state index contributed by atoms with van der Waals surface area (Å²) in [4.78, 5) is 87.2. The predicted octanol–water partition coefficient (Wildman–Crippen LogP) is 4.41. The lowest BCUT2D eigenvalue weighted by Gasteiger charge is -2.67. The van der Waals surface area contributed by atoms with Crippen LogP contribution < -0.4 is 5.32 Å². The van der Waals surface area contributed by atoms with Crippen LogP contribution in [0.5, 0.6) is 0 Å². The van der Waals surface area contributed by atoms with E-state index in [4.69, 9.17) is 23.7 Å². The van der Waals surface area contributed by atoms with E-state index in [2.05, 4.69) is 14.5 Å². The van der Waals surface area contributed by atoms with Crippen LogP contribution >= 0.6 is 0 Å². The highest BCUT2D eigenvalue weighted by molar-refractivity contribution is 7.85. The van der Waals surface area contributed by atoms with Crippen LogP contribution in [-0.4, -0.2) is 132 Å². The number of carbonyl (C=O) groups excluding carboxylic acids is 6. The molecule has 0 radical (unpaired) electrons. The number of esters is 4. The third-order valence-corrected chi connectivity index (χ3v) is 15.0. The van der Waals surface area contributed by atoms with Crippen molar-refractivity contribution in [3.05, 3.63) is 149 Å². The highest BCUT2D eigenvalue weighted by Gasteiger charge is 2.78. The zero-order valence-corrected chi connectivity index (χ0v) is 43.0. The van der Waals surface area contributed by atoms with Crippen molar-refractivity contribution in [2.75, 3.05) is 20.0 Å². The fraction of sp³-hybridized carbons (Fsp3) is 0.426. The number of aliphatic hydroxyl groups is 3. The van der Waals surface area contributed by atoms with Gasteiger partial charge in [-0.05, 0) is 67.0 Å². The van der Waals surface area contributed by atoms with Crippen molar-refractivity contribution in [1.29, 1.82) is 0 Å². The van der Waals surface area contributed by atoms with Gasteiger partial charge in [0.05, 0.1) is 49.0 Å². The van der Waals surface area contributed by atoms with E-state index in [9.17, 15) is 47.7 Å². The number of rotatable bonds is 11. The number of hydrogen-bond acceptors (Lipinski definition) is 18. The summed E-state index contributed by atoms with van der Waals surface area (Å²) >= 11 is 0. The molecule has 4 aliphatic rings. The van der Waals surface area contributed by atoms with Crippen LogP contribution in [0.2, 0.25) is 0 Å². The zero-order valence-electron chi connectivity index (χ0n) is 42.2. The fourth-order valence-electron chi connectivity index (χ4n) is 10.5. The lowest BCUT2D eigenvalue weighted by atomic mass is 9.44. The van der Waals surface area contributed by atoms with Crippen molar-refractivity contribution >= 4 is 45.7 Å².